The highest BCUT2D eigenvalue weighted by molar-refractivity contribution is 5.75. The third-order valence-electron chi connectivity index (χ3n) is 6.54. The van der Waals surface area contributed by atoms with Crippen molar-refractivity contribution in [1.82, 2.24) is 20.0 Å². The molecule has 3 aliphatic heterocycles. The number of nitrogens with one attached hydrogen (secondary N) is 1. The monoisotopic (exact) mass is 356 g/mol. The first kappa shape index (κ1) is 17.8. The lowest BCUT2D eigenvalue weighted by Gasteiger charge is -2.38. The topological polar surface area (TPSA) is 38.8 Å². The molecular formula is C21H32N4O. The minimum Gasteiger partial charge on any atom is -0.335 e. The Morgan fingerprint density at radius 1 is 1.00 bits per heavy atom. The van der Waals surface area contributed by atoms with Gasteiger partial charge in [0.2, 0.25) is 0 Å². The molecule has 1 N–H and O–H groups in total. The van der Waals surface area contributed by atoms with Gasteiger partial charge in [0.25, 0.3) is 0 Å². The lowest BCUT2D eigenvalue weighted by Crippen LogP contribution is -2.53. The number of hydrogen-bond donors (Lipinski definition) is 1. The normalized spacial score (nSPS) is 32.6. The van der Waals surface area contributed by atoms with Crippen molar-refractivity contribution in [1.29, 1.82) is 0 Å². The molecule has 0 aliphatic carbocycles. The van der Waals surface area contributed by atoms with Crippen molar-refractivity contribution in [3.8, 4) is 0 Å². The van der Waals surface area contributed by atoms with Gasteiger partial charge in [-0.05, 0) is 56.8 Å². The minimum atomic E-state index is 0.162. The van der Waals surface area contributed by atoms with Crippen molar-refractivity contribution < 1.29 is 4.79 Å². The molecule has 0 radical (unpaired) electrons. The number of hydrogen-bond acceptors (Lipinski definition) is 3. The molecule has 26 heavy (non-hydrogen) atoms. The highest BCUT2D eigenvalue weighted by Crippen LogP contribution is 2.30. The summed E-state index contributed by atoms with van der Waals surface area (Å²) in [4.78, 5) is 19.8. The highest BCUT2D eigenvalue weighted by atomic mass is 16.2. The fourth-order valence-corrected chi connectivity index (χ4v) is 5.17. The first-order valence-corrected chi connectivity index (χ1v) is 10.0. The second kappa shape index (κ2) is 7.57. The number of carbonyl (C=O) groups is 1. The molecule has 142 valence electrons. The Morgan fingerprint density at radius 3 is 2.38 bits per heavy atom. The van der Waals surface area contributed by atoms with E-state index in [4.69, 9.17) is 0 Å². The molecule has 2 amide bonds. The molecule has 0 bridgehead atoms. The summed E-state index contributed by atoms with van der Waals surface area (Å²) in [7, 11) is 4.38. The SMILES string of the molecule is CN1C[C@@H]2CN(C(=O)N[C@@H]3CCN(C)C[C@@H]3Cc3ccccc3)C[C@@H]2C1. The minimum absolute atomic E-state index is 0.162. The van der Waals surface area contributed by atoms with Gasteiger partial charge in [-0.1, -0.05) is 30.3 Å². The van der Waals surface area contributed by atoms with Crippen molar-refractivity contribution in [2.45, 2.75) is 18.9 Å². The van der Waals surface area contributed by atoms with Crippen molar-refractivity contribution in [2.75, 3.05) is 53.4 Å². The van der Waals surface area contributed by atoms with Crippen LogP contribution in [0.25, 0.3) is 0 Å². The van der Waals surface area contributed by atoms with Gasteiger partial charge in [-0.3, -0.25) is 0 Å². The predicted molar refractivity (Wildman–Crippen MR) is 104 cm³/mol. The maximum absolute atomic E-state index is 12.9. The summed E-state index contributed by atoms with van der Waals surface area (Å²) in [5, 5.41) is 3.40. The van der Waals surface area contributed by atoms with E-state index in [9.17, 15) is 4.79 Å². The molecule has 4 atom stereocenters. The lowest BCUT2D eigenvalue weighted by molar-refractivity contribution is 0.150. The van der Waals surface area contributed by atoms with Gasteiger partial charge in [0.1, 0.15) is 0 Å². The van der Waals surface area contributed by atoms with E-state index in [0.29, 0.717) is 17.8 Å². The van der Waals surface area contributed by atoms with Gasteiger partial charge >= 0.3 is 6.03 Å². The maximum Gasteiger partial charge on any atom is 0.317 e. The molecule has 0 spiro atoms. The lowest BCUT2D eigenvalue weighted by atomic mass is 9.87. The van der Waals surface area contributed by atoms with Crippen LogP contribution >= 0.6 is 0 Å². The standard InChI is InChI=1S/C21H32N4O/c1-23-9-8-20(17(11-23)10-16-6-4-3-5-7-16)22-21(26)25-14-18-12-24(2)13-19(18)15-25/h3-7,17-20H,8-15H2,1-2H3,(H,22,26)/t17-,18-,19+,20+/m0/s1. The maximum atomic E-state index is 12.9. The van der Waals surface area contributed by atoms with E-state index in [2.05, 4.69) is 64.4 Å². The van der Waals surface area contributed by atoms with Crippen LogP contribution in [0.3, 0.4) is 0 Å². The molecule has 3 fully saturated rings. The number of likely N-dealkylation sites (tertiary alicyclic amines) is 3. The Labute approximate surface area is 157 Å². The van der Waals surface area contributed by atoms with Crippen molar-refractivity contribution in [2.24, 2.45) is 17.8 Å². The molecular weight excluding hydrogens is 324 g/mol. The molecule has 0 aromatic heterocycles. The van der Waals surface area contributed by atoms with Crippen molar-refractivity contribution in [3.63, 3.8) is 0 Å². The Hall–Kier alpha value is -1.59. The van der Waals surface area contributed by atoms with E-state index in [0.717, 1.165) is 52.1 Å². The number of benzene rings is 1. The van der Waals surface area contributed by atoms with Gasteiger partial charge in [0.15, 0.2) is 0 Å². The van der Waals surface area contributed by atoms with Crippen LogP contribution in [-0.2, 0) is 6.42 Å². The van der Waals surface area contributed by atoms with E-state index in [1.54, 1.807) is 0 Å². The van der Waals surface area contributed by atoms with E-state index in [1.165, 1.54) is 5.56 Å². The molecule has 4 rings (SSSR count). The fourth-order valence-electron chi connectivity index (χ4n) is 5.17. The molecule has 5 nitrogen and oxygen atoms in total. The van der Waals surface area contributed by atoms with E-state index in [1.807, 2.05) is 0 Å². The summed E-state index contributed by atoms with van der Waals surface area (Å²) in [5.74, 6) is 1.82. The summed E-state index contributed by atoms with van der Waals surface area (Å²) in [6.45, 7) is 6.24. The number of rotatable bonds is 3. The fraction of sp³-hybridized carbons (Fsp3) is 0.667. The largest absolute Gasteiger partial charge is 0.335 e. The third-order valence-corrected chi connectivity index (χ3v) is 6.54. The number of piperidine rings is 1. The van der Waals surface area contributed by atoms with Crippen LogP contribution < -0.4 is 5.32 Å². The van der Waals surface area contributed by atoms with Gasteiger partial charge in [0, 0.05) is 38.8 Å². The molecule has 5 heteroatoms. The summed E-state index contributed by atoms with van der Waals surface area (Å²) >= 11 is 0. The van der Waals surface area contributed by atoms with E-state index >= 15 is 0 Å². The molecule has 3 saturated heterocycles. The second-order valence-corrected chi connectivity index (χ2v) is 8.70. The number of amides is 2. The van der Waals surface area contributed by atoms with Crippen LogP contribution in [0.2, 0.25) is 0 Å². The van der Waals surface area contributed by atoms with Crippen LogP contribution in [0.5, 0.6) is 0 Å². The third kappa shape index (κ3) is 3.89. The zero-order chi connectivity index (χ0) is 18.1. The first-order valence-electron chi connectivity index (χ1n) is 10.0. The summed E-state index contributed by atoms with van der Waals surface area (Å²) in [6, 6.07) is 11.1. The van der Waals surface area contributed by atoms with Crippen LogP contribution in [-0.4, -0.2) is 80.1 Å². The molecule has 1 aromatic carbocycles. The highest BCUT2D eigenvalue weighted by Gasteiger charge is 2.41. The number of fused-ring (bicyclic) bond motifs is 1. The average Bonchev–Trinajstić information content (AvgIpc) is 3.15. The van der Waals surface area contributed by atoms with Gasteiger partial charge in [-0.25, -0.2) is 4.79 Å². The van der Waals surface area contributed by atoms with Crippen LogP contribution in [0.1, 0.15) is 12.0 Å². The Bertz CT molecular complexity index is 608. The number of nitrogens with zero attached hydrogens (tertiary/aromatic N) is 3. The quantitative estimate of drug-likeness (QED) is 0.897. The van der Waals surface area contributed by atoms with E-state index < -0.39 is 0 Å². The zero-order valence-electron chi connectivity index (χ0n) is 16.1. The van der Waals surface area contributed by atoms with Crippen LogP contribution in [0.4, 0.5) is 4.79 Å². The van der Waals surface area contributed by atoms with Crippen LogP contribution in [0, 0.1) is 17.8 Å². The van der Waals surface area contributed by atoms with Crippen LogP contribution in [0.15, 0.2) is 30.3 Å². The summed E-state index contributed by atoms with van der Waals surface area (Å²) in [6.07, 6.45) is 2.08. The second-order valence-electron chi connectivity index (χ2n) is 8.70. The molecule has 0 saturated carbocycles. The smallest absolute Gasteiger partial charge is 0.317 e. The number of urea groups is 1. The van der Waals surface area contributed by atoms with Crippen molar-refractivity contribution in [3.05, 3.63) is 35.9 Å². The molecule has 0 unspecified atom stereocenters. The van der Waals surface area contributed by atoms with Gasteiger partial charge in [0.05, 0.1) is 0 Å². The van der Waals surface area contributed by atoms with E-state index in [-0.39, 0.29) is 12.1 Å². The Kier molecular flexibility index (Phi) is 5.18. The molecule has 3 aliphatic rings. The van der Waals surface area contributed by atoms with Gasteiger partial charge in [-0.2, -0.15) is 0 Å². The zero-order valence-corrected chi connectivity index (χ0v) is 16.1. The molecule has 1 aromatic rings. The Morgan fingerprint density at radius 2 is 1.69 bits per heavy atom. The molecule has 3 heterocycles. The number of carbonyl (C=O) groups excluding carboxylic acids is 1. The summed E-state index contributed by atoms with van der Waals surface area (Å²) < 4.78 is 0. The summed E-state index contributed by atoms with van der Waals surface area (Å²) in [5.41, 5.74) is 1.37. The first-order chi connectivity index (χ1) is 12.6. The van der Waals surface area contributed by atoms with Crippen molar-refractivity contribution >= 4 is 6.03 Å². The Balaban J connectivity index is 1.36. The average molecular weight is 357 g/mol. The van der Waals surface area contributed by atoms with Gasteiger partial charge < -0.3 is 20.0 Å². The predicted octanol–water partition coefficient (Wildman–Crippen LogP) is 1.75. The van der Waals surface area contributed by atoms with Gasteiger partial charge in [-0.15, -0.1) is 0 Å².